The van der Waals surface area contributed by atoms with Gasteiger partial charge in [-0.3, -0.25) is 14.9 Å². The second-order valence-electron chi connectivity index (χ2n) is 6.96. The largest absolute Gasteiger partial charge is 0.326 e. The summed E-state index contributed by atoms with van der Waals surface area (Å²) in [6.45, 7) is 1.11. The van der Waals surface area contributed by atoms with Gasteiger partial charge in [-0.05, 0) is 43.0 Å². The Morgan fingerprint density at radius 2 is 1.76 bits per heavy atom. The number of non-ortho nitro benzene ring substituents is 1. The number of anilines is 1. The van der Waals surface area contributed by atoms with Gasteiger partial charge in [0, 0.05) is 37.3 Å². The lowest BCUT2D eigenvalue weighted by Crippen LogP contribution is -2.35. The maximum atomic E-state index is 12.7. The molecule has 0 aliphatic carbocycles. The fourth-order valence-electron chi connectivity index (χ4n) is 3.26. The van der Waals surface area contributed by atoms with E-state index in [9.17, 15) is 23.3 Å². The van der Waals surface area contributed by atoms with Crippen molar-refractivity contribution in [2.45, 2.75) is 37.0 Å². The maximum absolute atomic E-state index is 12.7. The number of hydrogen-bond acceptors (Lipinski definition) is 5. The van der Waals surface area contributed by atoms with Gasteiger partial charge in [0.1, 0.15) is 0 Å². The smallest absolute Gasteiger partial charge is 0.271 e. The molecule has 1 heterocycles. The van der Waals surface area contributed by atoms with E-state index in [1.54, 1.807) is 30.3 Å². The van der Waals surface area contributed by atoms with Crippen LogP contribution in [0.25, 0.3) is 0 Å². The predicted molar refractivity (Wildman–Crippen MR) is 109 cm³/mol. The number of hydrogen-bond donors (Lipinski definition) is 1. The quantitative estimate of drug-likeness (QED) is 0.549. The van der Waals surface area contributed by atoms with E-state index in [1.165, 1.54) is 22.5 Å². The first-order valence-electron chi connectivity index (χ1n) is 9.50. The molecule has 8 nitrogen and oxygen atoms in total. The normalized spacial score (nSPS) is 15.0. The Balaban J connectivity index is 1.56. The van der Waals surface area contributed by atoms with E-state index >= 15 is 0 Å². The number of nitrogens with zero attached hydrogens (tertiary/aromatic N) is 2. The number of nitrogens with one attached hydrogen (secondary N) is 1. The average molecular weight is 417 g/mol. The van der Waals surface area contributed by atoms with E-state index in [-0.39, 0.29) is 22.9 Å². The minimum atomic E-state index is -3.46. The highest BCUT2D eigenvalue weighted by Gasteiger charge is 2.25. The lowest BCUT2D eigenvalue weighted by atomic mass is 10.1. The summed E-state index contributed by atoms with van der Waals surface area (Å²) in [4.78, 5) is 22.7. The van der Waals surface area contributed by atoms with Crippen molar-refractivity contribution in [3.8, 4) is 0 Å². The number of benzene rings is 2. The Bertz CT molecular complexity index is 983. The third-order valence-electron chi connectivity index (χ3n) is 4.86. The predicted octanol–water partition coefficient (Wildman–Crippen LogP) is 3.34. The number of aryl methyl sites for hydroxylation is 1. The van der Waals surface area contributed by atoms with Gasteiger partial charge in [0.25, 0.3) is 5.69 Å². The molecular weight excluding hydrogens is 394 g/mol. The second kappa shape index (κ2) is 9.15. The molecule has 9 heteroatoms. The number of nitro groups is 1. The van der Waals surface area contributed by atoms with Crippen LogP contribution in [0.15, 0.2) is 53.4 Å². The van der Waals surface area contributed by atoms with E-state index in [0.717, 1.165) is 24.8 Å². The van der Waals surface area contributed by atoms with E-state index in [0.29, 0.717) is 25.2 Å². The van der Waals surface area contributed by atoms with Crippen molar-refractivity contribution in [2.24, 2.45) is 0 Å². The third-order valence-corrected chi connectivity index (χ3v) is 6.77. The number of amides is 1. The molecule has 0 unspecified atom stereocenters. The molecule has 1 fully saturated rings. The number of sulfonamides is 1. The van der Waals surface area contributed by atoms with Crippen LogP contribution in [0.4, 0.5) is 11.4 Å². The molecule has 1 saturated heterocycles. The van der Waals surface area contributed by atoms with Gasteiger partial charge in [0.2, 0.25) is 15.9 Å². The van der Waals surface area contributed by atoms with Gasteiger partial charge in [-0.1, -0.05) is 24.6 Å². The van der Waals surface area contributed by atoms with E-state index < -0.39 is 14.9 Å². The fourth-order valence-corrected chi connectivity index (χ4v) is 4.78. The molecule has 1 N–H and O–H groups in total. The van der Waals surface area contributed by atoms with Gasteiger partial charge >= 0.3 is 0 Å². The Morgan fingerprint density at radius 3 is 2.41 bits per heavy atom. The van der Waals surface area contributed by atoms with Gasteiger partial charge in [-0.2, -0.15) is 4.31 Å². The van der Waals surface area contributed by atoms with Crippen LogP contribution in [0.3, 0.4) is 0 Å². The molecular formula is C20H23N3O5S. The van der Waals surface area contributed by atoms with Crippen molar-refractivity contribution >= 4 is 27.3 Å². The molecule has 0 atom stereocenters. The van der Waals surface area contributed by atoms with Crippen molar-refractivity contribution in [2.75, 3.05) is 18.4 Å². The Labute approximate surface area is 169 Å². The summed E-state index contributed by atoms with van der Waals surface area (Å²) in [5.74, 6) is -0.268. The van der Waals surface area contributed by atoms with Crippen molar-refractivity contribution in [1.29, 1.82) is 0 Å². The molecule has 2 aromatic rings. The minimum absolute atomic E-state index is 0.0895. The summed E-state index contributed by atoms with van der Waals surface area (Å²) in [6, 6.07) is 12.4. The van der Waals surface area contributed by atoms with Crippen molar-refractivity contribution in [1.82, 2.24) is 4.31 Å². The second-order valence-corrected chi connectivity index (χ2v) is 8.90. The monoisotopic (exact) mass is 417 g/mol. The summed E-state index contributed by atoms with van der Waals surface area (Å²) in [7, 11) is -3.46. The number of carbonyl (C=O) groups excluding carboxylic acids is 1. The fraction of sp³-hybridized carbons (Fsp3) is 0.350. The van der Waals surface area contributed by atoms with Crippen LogP contribution in [-0.4, -0.2) is 36.6 Å². The minimum Gasteiger partial charge on any atom is -0.326 e. The summed E-state index contributed by atoms with van der Waals surface area (Å²) >= 11 is 0. The molecule has 1 aliphatic heterocycles. The number of carbonyl (C=O) groups is 1. The molecule has 0 radical (unpaired) electrons. The van der Waals surface area contributed by atoms with Crippen LogP contribution >= 0.6 is 0 Å². The number of nitro benzene ring substituents is 1. The van der Waals surface area contributed by atoms with Crippen LogP contribution in [0.2, 0.25) is 0 Å². The Morgan fingerprint density at radius 1 is 1.07 bits per heavy atom. The van der Waals surface area contributed by atoms with Crippen LogP contribution < -0.4 is 5.32 Å². The first kappa shape index (κ1) is 20.9. The van der Waals surface area contributed by atoms with Gasteiger partial charge in [0.15, 0.2) is 0 Å². The van der Waals surface area contributed by atoms with Gasteiger partial charge in [-0.25, -0.2) is 8.42 Å². The standard InChI is InChI=1S/C20H23N3O5S/c24-20(21-17-5-4-6-18(15-17)23(25)26)12-9-16-7-10-19(11-8-16)29(27,28)22-13-2-1-3-14-22/h4-8,10-11,15H,1-3,9,12-14H2,(H,21,24). The highest BCUT2D eigenvalue weighted by molar-refractivity contribution is 7.89. The lowest BCUT2D eigenvalue weighted by molar-refractivity contribution is -0.384. The van der Waals surface area contributed by atoms with Crippen LogP contribution in [-0.2, 0) is 21.2 Å². The van der Waals surface area contributed by atoms with E-state index in [2.05, 4.69) is 5.32 Å². The molecule has 0 saturated carbocycles. The van der Waals surface area contributed by atoms with Crippen LogP contribution in [0, 0.1) is 10.1 Å². The molecule has 29 heavy (non-hydrogen) atoms. The molecule has 1 aliphatic rings. The summed E-state index contributed by atoms with van der Waals surface area (Å²) in [5, 5.41) is 13.4. The van der Waals surface area contributed by atoms with Crippen molar-refractivity contribution in [3.05, 3.63) is 64.2 Å². The maximum Gasteiger partial charge on any atom is 0.271 e. The SMILES string of the molecule is O=C(CCc1ccc(S(=O)(=O)N2CCCCC2)cc1)Nc1cccc([N+](=O)[O-])c1. The molecule has 0 spiro atoms. The topological polar surface area (TPSA) is 110 Å². The molecule has 2 aromatic carbocycles. The number of piperidine rings is 1. The zero-order chi connectivity index (χ0) is 20.9. The van der Waals surface area contributed by atoms with E-state index in [1.807, 2.05) is 0 Å². The Kier molecular flexibility index (Phi) is 6.60. The molecule has 0 aromatic heterocycles. The average Bonchev–Trinajstić information content (AvgIpc) is 2.73. The lowest BCUT2D eigenvalue weighted by Gasteiger charge is -2.25. The van der Waals surface area contributed by atoms with Crippen molar-refractivity contribution in [3.63, 3.8) is 0 Å². The zero-order valence-corrected chi connectivity index (χ0v) is 16.7. The highest BCUT2D eigenvalue weighted by atomic mass is 32.2. The van der Waals surface area contributed by atoms with Crippen molar-refractivity contribution < 1.29 is 18.1 Å². The van der Waals surface area contributed by atoms with Crippen LogP contribution in [0.1, 0.15) is 31.2 Å². The van der Waals surface area contributed by atoms with Gasteiger partial charge in [0.05, 0.1) is 9.82 Å². The number of rotatable bonds is 7. The third kappa shape index (κ3) is 5.39. The summed E-state index contributed by atoms with van der Waals surface area (Å²) in [5.41, 5.74) is 1.12. The molecule has 3 rings (SSSR count). The first-order chi connectivity index (χ1) is 13.9. The van der Waals surface area contributed by atoms with Crippen LogP contribution in [0.5, 0.6) is 0 Å². The zero-order valence-electron chi connectivity index (χ0n) is 15.9. The Hall–Kier alpha value is -2.78. The summed E-state index contributed by atoms with van der Waals surface area (Å²) < 4.78 is 26.8. The molecule has 0 bridgehead atoms. The first-order valence-corrected chi connectivity index (χ1v) is 10.9. The van der Waals surface area contributed by atoms with Gasteiger partial charge in [-0.15, -0.1) is 0 Å². The molecule has 154 valence electrons. The molecule has 1 amide bonds. The summed E-state index contributed by atoms with van der Waals surface area (Å²) in [6.07, 6.45) is 3.45. The van der Waals surface area contributed by atoms with E-state index in [4.69, 9.17) is 0 Å². The highest BCUT2D eigenvalue weighted by Crippen LogP contribution is 2.21. The van der Waals surface area contributed by atoms with Gasteiger partial charge < -0.3 is 5.32 Å².